The minimum Gasteiger partial charge on any atom is -0.444 e. The van der Waals surface area contributed by atoms with Gasteiger partial charge in [-0.05, 0) is 30.3 Å². The van der Waals surface area contributed by atoms with Crippen molar-refractivity contribution in [2.24, 2.45) is 4.99 Å². The van der Waals surface area contributed by atoms with Gasteiger partial charge in [-0.2, -0.15) is 0 Å². The summed E-state index contributed by atoms with van der Waals surface area (Å²) >= 11 is 3.34. The molecule has 0 spiro atoms. The van der Waals surface area contributed by atoms with Crippen molar-refractivity contribution in [2.45, 2.75) is 13.1 Å². The van der Waals surface area contributed by atoms with Crippen LogP contribution in [0.15, 0.2) is 68.7 Å². The Bertz CT molecular complexity index is 902. The number of nitrogens with zero attached hydrogens (tertiary/aromatic N) is 2. The third-order valence-electron chi connectivity index (χ3n) is 3.69. The molecule has 0 saturated carbocycles. The minimum atomic E-state index is -0.264. The van der Waals surface area contributed by atoms with Crippen LogP contribution in [0.4, 0.5) is 4.39 Å². The molecule has 0 unspecified atom stereocenters. The summed E-state index contributed by atoms with van der Waals surface area (Å²) in [6, 6.07) is 14.5. The molecule has 3 aromatic rings. The van der Waals surface area contributed by atoms with Crippen LogP contribution < -0.4 is 10.6 Å². The SMILES string of the molecule is CN=C(NCc1coc(-c2ccccc2)n1)NCc1cc(Br)ccc1F.I. The van der Waals surface area contributed by atoms with Gasteiger partial charge in [0.2, 0.25) is 5.89 Å². The zero-order valence-corrected chi connectivity index (χ0v) is 18.5. The molecule has 142 valence electrons. The van der Waals surface area contributed by atoms with Gasteiger partial charge in [-0.15, -0.1) is 24.0 Å². The smallest absolute Gasteiger partial charge is 0.226 e. The van der Waals surface area contributed by atoms with Crippen molar-refractivity contribution in [3.63, 3.8) is 0 Å². The molecule has 0 aliphatic rings. The highest BCUT2D eigenvalue weighted by atomic mass is 127. The quantitative estimate of drug-likeness (QED) is 0.277. The largest absolute Gasteiger partial charge is 0.444 e. The van der Waals surface area contributed by atoms with E-state index in [4.69, 9.17) is 4.42 Å². The second-order valence-corrected chi connectivity index (χ2v) is 6.44. The molecule has 27 heavy (non-hydrogen) atoms. The van der Waals surface area contributed by atoms with Gasteiger partial charge in [-0.3, -0.25) is 4.99 Å². The van der Waals surface area contributed by atoms with Gasteiger partial charge >= 0.3 is 0 Å². The first kappa shape index (κ1) is 21.4. The molecule has 0 bridgehead atoms. The molecule has 5 nitrogen and oxygen atoms in total. The number of rotatable bonds is 5. The summed E-state index contributed by atoms with van der Waals surface area (Å²) in [5, 5.41) is 6.22. The number of oxazole rings is 1. The Hall–Kier alpha value is -1.94. The lowest BCUT2D eigenvalue weighted by Crippen LogP contribution is -2.36. The summed E-state index contributed by atoms with van der Waals surface area (Å²) in [6.07, 6.45) is 1.61. The number of benzene rings is 2. The maximum atomic E-state index is 13.8. The van der Waals surface area contributed by atoms with E-state index in [1.54, 1.807) is 25.4 Å². The van der Waals surface area contributed by atoms with Crippen molar-refractivity contribution in [1.82, 2.24) is 15.6 Å². The van der Waals surface area contributed by atoms with E-state index in [0.29, 0.717) is 30.5 Å². The number of guanidine groups is 1. The van der Waals surface area contributed by atoms with E-state index < -0.39 is 0 Å². The second kappa shape index (κ2) is 10.4. The van der Waals surface area contributed by atoms with Crippen LogP contribution in [0.1, 0.15) is 11.3 Å². The molecule has 1 heterocycles. The monoisotopic (exact) mass is 544 g/mol. The van der Waals surface area contributed by atoms with Crippen molar-refractivity contribution in [3.05, 3.63) is 76.3 Å². The van der Waals surface area contributed by atoms with Crippen LogP contribution >= 0.6 is 39.9 Å². The second-order valence-electron chi connectivity index (χ2n) is 5.53. The van der Waals surface area contributed by atoms with Crippen molar-refractivity contribution in [3.8, 4) is 11.5 Å². The Labute approximate surface area is 182 Å². The fraction of sp³-hybridized carbons (Fsp3) is 0.158. The van der Waals surface area contributed by atoms with Crippen LogP contribution in [0.2, 0.25) is 0 Å². The first-order chi connectivity index (χ1) is 12.7. The van der Waals surface area contributed by atoms with Gasteiger partial charge in [0, 0.05) is 29.2 Å². The number of hydrogen-bond acceptors (Lipinski definition) is 3. The van der Waals surface area contributed by atoms with Gasteiger partial charge in [-0.1, -0.05) is 34.1 Å². The molecular formula is C19H19BrFIN4O. The lowest BCUT2D eigenvalue weighted by atomic mass is 10.2. The Kier molecular flexibility index (Phi) is 8.23. The Morgan fingerprint density at radius 1 is 1.15 bits per heavy atom. The minimum absolute atomic E-state index is 0. The topological polar surface area (TPSA) is 62.5 Å². The first-order valence-electron chi connectivity index (χ1n) is 8.04. The summed E-state index contributed by atoms with van der Waals surface area (Å²) in [5.74, 6) is 0.857. The zero-order valence-electron chi connectivity index (χ0n) is 14.6. The fourth-order valence-corrected chi connectivity index (χ4v) is 2.76. The van der Waals surface area contributed by atoms with Crippen molar-refractivity contribution < 1.29 is 8.81 Å². The molecule has 8 heteroatoms. The zero-order chi connectivity index (χ0) is 18.4. The molecule has 0 fully saturated rings. The molecule has 0 aliphatic carbocycles. The van der Waals surface area contributed by atoms with E-state index in [1.807, 2.05) is 30.3 Å². The predicted octanol–water partition coefficient (Wildman–Crippen LogP) is 4.73. The number of halogens is 3. The van der Waals surface area contributed by atoms with E-state index in [-0.39, 0.29) is 29.8 Å². The molecule has 0 amide bonds. The molecule has 3 rings (SSSR count). The fourth-order valence-electron chi connectivity index (χ4n) is 2.35. The maximum absolute atomic E-state index is 13.8. The highest BCUT2D eigenvalue weighted by Gasteiger charge is 2.08. The highest BCUT2D eigenvalue weighted by Crippen LogP contribution is 2.18. The first-order valence-corrected chi connectivity index (χ1v) is 8.83. The van der Waals surface area contributed by atoms with E-state index >= 15 is 0 Å². The van der Waals surface area contributed by atoms with Crippen LogP contribution in [0.25, 0.3) is 11.5 Å². The van der Waals surface area contributed by atoms with Crippen molar-refractivity contribution in [2.75, 3.05) is 7.05 Å². The average Bonchev–Trinajstić information content (AvgIpc) is 3.14. The normalized spacial score (nSPS) is 11.0. The molecule has 0 atom stereocenters. The number of aliphatic imine (C=N–C) groups is 1. The lowest BCUT2D eigenvalue weighted by molar-refractivity contribution is 0.572. The molecule has 2 aromatic carbocycles. The Morgan fingerprint density at radius 2 is 1.89 bits per heavy atom. The maximum Gasteiger partial charge on any atom is 0.226 e. The number of nitrogens with one attached hydrogen (secondary N) is 2. The Morgan fingerprint density at radius 3 is 2.63 bits per heavy atom. The summed E-state index contributed by atoms with van der Waals surface area (Å²) < 4.78 is 20.1. The van der Waals surface area contributed by atoms with Crippen molar-refractivity contribution in [1.29, 1.82) is 0 Å². The molecule has 0 radical (unpaired) electrons. The average molecular weight is 545 g/mol. The van der Waals surface area contributed by atoms with E-state index in [9.17, 15) is 4.39 Å². The predicted molar refractivity (Wildman–Crippen MR) is 118 cm³/mol. The van der Waals surface area contributed by atoms with Gasteiger partial charge in [0.15, 0.2) is 5.96 Å². The molecule has 1 aromatic heterocycles. The lowest BCUT2D eigenvalue weighted by Gasteiger charge is -2.11. The summed E-state index contributed by atoms with van der Waals surface area (Å²) in [6.45, 7) is 0.760. The van der Waals surface area contributed by atoms with Crippen LogP contribution in [-0.2, 0) is 13.1 Å². The van der Waals surface area contributed by atoms with Gasteiger partial charge in [0.1, 0.15) is 12.1 Å². The van der Waals surface area contributed by atoms with E-state index in [0.717, 1.165) is 15.7 Å². The Balaban J connectivity index is 0.00000261. The molecule has 2 N–H and O–H groups in total. The molecule has 0 saturated heterocycles. The summed E-state index contributed by atoms with van der Waals surface area (Å²) in [5.41, 5.74) is 2.22. The van der Waals surface area contributed by atoms with Crippen LogP contribution in [-0.4, -0.2) is 18.0 Å². The van der Waals surface area contributed by atoms with Gasteiger partial charge < -0.3 is 15.1 Å². The van der Waals surface area contributed by atoms with Gasteiger partial charge in [0.25, 0.3) is 0 Å². The van der Waals surface area contributed by atoms with Crippen LogP contribution in [0.5, 0.6) is 0 Å². The van der Waals surface area contributed by atoms with Crippen molar-refractivity contribution >= 4 is 45.9 Å². The van der Waals surface area contributed by atoms with Gasteiger partial charge in [-0.25, -0.2) is 9.37 Å². The summed E-state index contributed by atoms with van der Waals surface area (Å²) in [4.78, 5) is 8.59. The van der Waals surface area contributed by atoms with Crippen LogP contribution in [0.3, 0.4) is 0 Å². The third kappa shape index (κ3) is 6.03. The number of hydrogen-bond donors (Lipinski definition) is 2. The van der Waals surface area contributed by atoms with Crippen LogP contribution in [0, 0.1) is 5.82 Å². The molecular weight excluding hydrogens is 526 g/mol. The van der Waals surface area contributed by atoms with Gasteiger partial charge in [0.05, 0.1) is 12.2 Å². The summed E-state index contributed by atoms with van der Waals surface area (Å²) in [7, 11) is 1.66. The van der Waals surface area contributed by atoms with E-state index in [1.165, 1.54) is 6.07 Å². The number of aromatic nitrogens is 1. The third-order valence-corrected chi connectivity index (χ3v) is 4.18. The van der Waals surface area contributed by atoms with E-state index in [2.05, 4.69) is 36.5 Å². The molecule has 0 aliphatic heterocycles. The highest BCUT2D eigenvalue weighted by molar-refractivity contribution is 14.0. The standard InChI is InChI=1S/C19H18BrFN4O.HI/c1-22-19(23-10-14-9-15(20)7-8-17(14)21)24-11-16-12-26-18(25-16)13-5-3-2-4-6-13;/h2-9,12H,10-11H2,1H3,(H2,22,23,24);1H.